The molecule has 102 valence electrons. The molecular weight excluding hydrogens is 238 g/mol. The van der Waals surface area contributed by atoms with Crippen LogP contribution in [0.15, 0.2) is 22.6 Å². The highest BCUT2D eigenvalue weighted by Gasteiger charge is 2.24. The lowest BCUT2D eigenvalue weighted by molar-refractivity contribution is 0.581. The Morgan fingerprint density at radius 2 is 2.16 bits per heavy atom. The van der Waals surface area contributed by atoms with Gasteiger partial charge in [0.25, 0.3) is 6.01 Å². The second-order valence-electron chi connectivity index (χ2n) is 6.42. The van der Waals surface area contributed by atoms with Gasteiger partial charge in [0.1, 0.15) is 5.52 Å². The molecule has 1 atom stereocenters. The van der Waals surface area contributed by atoms with Gasteiger partial charge in [0.05, 0.1) is 0 Å². The molecule has 2 heterocycles. The van der Waals surface area contributed by atoms with Crippen LogP contribution in [0.5, 0.6) is 0 Å². The highest BCUT2D eigenvalue weighted by Crippen LogP contribution is 2.29. The number of nitrogens with zero attached hydrogens (tertiary/aromatic N) is 2. The van der Waals surface area contributed by atoms with E-state index in [4.69, 9.17) is 10.2 Å². The van der Waals surface area contributed by atoms with Gasteiger partial charge >= 0.3 is 0 Å². The van der Waals surface area contributed by atoms with Gasteiger partial charge in [-0.1, -0.05) is 26.8 Å². The summed E-state index contributed by atoms with van der Waals surface area (Å²) in [6.07, 6.45) is 1.01. The summed E-state index contributed by atoms with van der Waals surface area (Å²) in [6.45, 7) is 8.37. The molecule has 4 nitrogen and oxygen atoms in total. The lowest BCUT2D eigenvalue weighted by Gasteiger charge is -2.18. The summed E-state index contributed by atoms with van der Waals surface area (Å²) in [5.41, 5.74) is 9.11. The second-order valence-corrected chi connectivity index (χ2v) is 6.42. The van der Waals surface area contributed by atoms with Crippen LogP contribution >= 0.6 is 0 Å². The lowest BCUT2D eigenvalue weighted by atomic mass is 9.87. The van der Waals surface area contributed by atoms with Crippen LogP contribution < -0.4 is 10.6 Å². The Labute approximate surface area is 113 Å². The van der Waals surface area contributed by atoms with E-state index in [2.05, 4.69) is 42.8 Å². The van der Waals surface area contributed by atoms with Gasteiger partial charge < -0.3 is 15.1 Å². The van der Waals surface area contributed by atoms with Gasteiger partial charge in [-0.3, -0.25) is 0 Å². The Morgan fingerprint density at radius 3 is 2.79 bits per heavy atom. The van der Waals surface area contributed by atoms with Gasteiger partial charge in [-0.25, -0.2) is 0 Å². The minimum absolute atomic E-state index is 0.128. The third-order valence-corrected chi connectivity index (χ3v) is 3.74. The van der Waals surface area contributed by atoms with E-state index in [0.29, 0.717) is 6.01 Å². The molecule has 3 rings (SSSR count). The summed E-state index contributed by atoms with van der Waals surface area (Å²) < 4.78 is 5.83. The molecule has 1 fully saturated rings. The van der Waals surface area contributed by atoms with Crippen LogP contribution in [-0.2, 0) is 5.41 Å². The fraction of sp³-hybridized carbons (Fsp3) is 0.533. The first-order chi connectivity index (χ1) is 8.93. The molecule has 1 aromatic carbocycles. The molecule has 1 aromatic heterocycles. The van der Waals surface area contributed by atoms with Crippen LogP contribution in [0.2, 0.25) is 0 Å². The van der Waals surface area contributed by atoms with E-state index in [9.17, 15) is 0 Å². The number of nitrogens with two attached hydrogens (primary N) is 1. The number of benzene rings is 1. The molecule has 0 saturated carbocycles. The number of fused-ring (bicyclic) bond motifs is 1. The quantitative estimate of drug-likeness (QED) is 0.855. The molecule has 1 unspecified atom stereocenters. The molecule has 4 heteroatoms. The maximum Gasteiger partial charge on any atom is 0.298 e. The number of rotatable bonds is 1. The topological polar surface area (TPSA) is 55.3 Å². The normalized spacial score (nSPS) is 20.4. The van der Waals surface area contributed by atoms with Crippen LogP contribution in [0.25, 0.3) is 11.1 Å². The van der Waals surface area contributed by atoms with Gasteiger partial charge in [-0.2, -0.15) is 4.98 Å². The molecule has 0 bridgehead atoms. The molecule has 19 heavy (non-hydrogen) atoms. The van der Waals surface area contributed by atoms with Gasteiger partial charge in [0, 0.05) is 19.1 Å². The third kappa shape index (κ3) is 2.32. The fourth-order valence-electron chi connectivity index (χ4n) is 2.48. The van der Waals surface area contributed by atoms with Crippen molar-refractivity contribution in [1.29, 1.82) is 0 Å². The number of hydrogen-bond donors (Lipinski definition) is 1. The average Bonchev–Trinajstić information content (AvgIpc) is 2.92. The summed E-state index contributed by atoms with van der Waals surface area (Å²) in [6, 6.07) is 7.20. The van der Waals surface area contributed by atoms with E-state index >= 15 is 0 Å². The first-order valence-electron chi connectivity index (χ1n) is 6.85. The van der Waals surface area contributed by atoms with Gasteiger partial charge in [0.2, 0.25) is 0 Å². The zero-order chi connectivity index (χ0) is 13.6. The molecule has 0 amide bonds. The van der Waals surface area contributed by atoms with E-state index in [-0.39, 0.29) is 11.5 Å². The largest absolute Gasteiger partial charge is 0.423 e. The summed E-state index contributed by atoms with van der Waals surface area (Å²) >= 11 is 0. The summed E-state index contributed by atoms with van der Waals surface area (Å²) in [5.74, 6) is 0. The van der Waals surface area contributed by atoms with E-state index in [0.717, 1.165) is 30.6 Å². The van der Waals surface area contributed by atoms with Gasteiger partial charge in [-0.15, -0.1) is 0 Å². The van der Waals surface area contributed by atoms with Crippen molar-refractivity contribution in [2.24, 2.45) is 5.73 Å². The molecule has 1 aliphatic heterocycles. The van der Waals surface area contributed by atoms with Gasteiger partial charge in [-0.05, 0) is 29.5 Å². The van der Waals surface area contributed by atoms with Crippen molar-refractivity contribution in [1.82, 2.24) is 4.98 Å². The standard InChI is InChI=1S/C15H21N3O/c1-15(2,3)10-4-5-13-12(8-10)17-14(19-13)18-7-6-11(16)9-18/h4-5,8,11H,6-7,9,16H2,1-3H3. The van der Waals surface area contributed by atoms with E-state index in [1.165, 1.54) is 5.56 Å². The van der Waals surface area contributed by atoms with Crippen molar-refractivity contribution in [3.05, 3.63) is 23.8 Å². The molecule has 1 aliphatic rings. The Bertz CT molecular complexity index is 597. The number of hydrogen-bond acceptors (Lipinski definition) is 4. The SMILES string of the molecule is CC(C)(C)c1ccc2oc(N3CCC(N)C3)nc2c1. The van der Waals surface area contributed by atoms with Crippen LogP contribution in [0, 0.1) is 0 Å². The molecule has 2 aromatic rings. The van der Waals surface area contributed by atoms with Crippen LogP contribution in [-0.4, -0.2) is 24.1 Å². The molecule has 0 aliphatic carbocycles. The maximum atomic E-state index is 5.93. The first-order valence-corrected chi connectivity index (χ1v) is 6.85. The lowest BCUT2D eigenvalue weighted by Crippen LogP contribution is -2.26. The number of aromatic nitrogens is 1. The number of oxazole rings is 1. The minimum atomic E-state index is 0.128. The van der Waals surface area contributed by atoms with E-state index in [1.807, 2.05) is 6.07 Å². The molecule has 2 N–H and O–H groups in total. The Morgan fingerprint density at radius 1 is 1.37 bits per heavy atom. The maximum absolute atomic E-state index is 5.93. The molecule has 0 radical (unpaired) electrons. The predicted molar refractivity (Wildman–Crippen MR) is 77.5 cm³/mol. The first kappa shape index (κ1) is 12.5. The zero-order valence-electron chi connectivity index (χ0n) is 11.8. The molecule has 0 spiro atoms. The smallest absolute Gasteiger partial charge is 0.298 e. The van der Waals surface area contributed by atoms with Crippen molar-refractivity contribution in [2.75, 3.05) is 18.0 Å². The van der Waals surface area contributed by atoms with Gasteiger partial charge in [0.15, 0.2) is 5.58 Å². The third-order valence-electron chi connectivity index (χ3n) is 3.74. The van der Waals surface area contributed by atoms with Crippen molar-refractivity contribution in [2.45, 2.75) is 38.6 Å². The predicted octanol–water partition coefficient (Wildman–Crippen LogP) is 2.66. The zero-order valence-corrected chi connectivity index (χ0v) is 11.8. The minimum Gasteiger partial charge on any atom is -0.423 e. The Balaban J connectivity index is 1.97. The van der Waals surface area contributed by atoms with Crippen LogP contribution in [0.3, 0.4) is 0 Å². The van der Waals surface area contributed by atoms with Crippen LogP contribution in [0.4, 0.5) is 6.01 Å². The average molecular weight is 259 g/mol. The van der Waals surface area contributed by atoms with Crippen molar-refractivity contribution < 1.29 is 4.42 Å². The van der Waals surface area contributed by atoms with Crippen molar-refractivity contribution >= 4 is 17.1 Å². The summed E-state index contributed by atoms with van der Waals surface area (Å²) in [4.78, 5) is 6.73. The highest BCUT2D eigenvalue weighted by atomic mass is 16.4. The van der Waals surface area contributed by atoms with Crippen molar-refractivity contribution in [3.8, 4) is 0 Å². The second kappa shape index (κ2) is 4.23. The van der Waals surface area contributed by atoms with Crippen molar-refractivity contribution in [3.63, 3.8) is 0 Å². The molecule has 1 saturated heterocycles. The fourth-order valence-corrected chi connectivity index (χ4v) is 2.48. The Hall–Kier alpha value is -1.55. The van der Waals surface area contributed by atoms with E-state index in [1.54, 1.807) is 0 Å². The monoisotopic (exact) mass is 259 g/mol. The highest BCUT2D eigenvalue weighted by molar-refractivity contribution is 5.75. The summed E-state index contributed by atoms with van der Waals surface area (Å²) in [7, 11) is 0. The number of anilines is 1. The van der Waals surface area contributed by atoms with E-state index < -0.39 is 0 Å². The Kier molecular flexibility index (Phi) is 2.78. The molecular formula is C15H21N3O. The van der Waals surface area contributed by atoms with Crippen LogP contribution in [0.1, 0.15) is 32.8 Å². The summed E-state index contributed by atoms with van der Waals surface area (Å²) in [5, 5.41) is 0.